The molecule has 1 heterocycles. The molecule has 1 saturated heterocycles. The molecule has 0 bridgehead atoms. The highest BCUT2D eigenvalue weighted by Gasteiger charge is 2.26. The van der Waals surface area contributed by atoms with Gasteiger partial charge in [-0.3, -0.25) is 20.4 Å². The summed E-state index contributed by atoms with van der Waals surface area (Å²) in [4.78, 5) is 26.1. The van der Waals surface area contributed by atoms with Crippen LogP contribution in [0.3, 0.4) is 0 Å². The lowest BCUT2D eigenvalue weighted by molar-refractivity contribution is -0.117. The van der Waals surface area contributed by atoms with E-state index in [1.165, 1.54) is 0 Å². The maximum atomic E-state index is 12.5. The van der Waals surface area contributed by atoms with E-state index < -0.39 is 5.91 Å². The van der Waals surface area contributed by atoms with E-state index in [9.17, 15) is 9.59 Å². The van der Waals surface area contributed by atoms with Crippen LogP contribution < -0.4 is 21.1 Å². The van der Waals surface area contributed by atoms with Gasteiger partial charge in [-0.25, -0.2) is 0 Å². The lowest BCUT2D eigenvalue weighted by atomic mass is 10.1. The van der Waals surface area contributed by atoms with Crippen molar-refractivity contribution < 1.29 is 14.3 Å². The van der Waals surface area contributed by atoms with Crippen LogP contribution in [0.5, 0.6) is 0 Å². The molecule has 1 aromatic carbocycles. The molecule has 1 atom stereocenters. The van der Waals surface area contributed by atoms with Gasteiger partial charge in [-0.05, 0) is 43.8 Å². The average molecular weight is 385 g/mol. The number of hydrogen-bond donors (Lipinski definition) is 3. The van der Waals surface area contributed by atoms with Crippen LogP contribution in [0.2, 0.25) is 5.02 Å². The molecule has 0 saturated carbocycles. The summed E-state index contributed by atoms with van der Waals surface area (Å²) < 4.78 is 5.01. The maximum Gasteiger partial charge on any atom is 0.271 e. The Balaban J connectivity index is 2.04. The van der Waals surface area contributed by atoms with Crippen LogP contribution in [-0.4, -0.2) is 43.2 Å². The topological polar surface area (TPSA) is 82.7 Å². The van der Waals surface area contributed by atoms with Crippen LogP contribution >= 0.6 is 23.8 Å². The van der Waals surface area contributed by atoms with Gasteiger partial charge < -0.3 is 15.0 Å². The number of nitrogens with zero attached hydrogens (tertiary/aromatic N) is 1. The van der Waals surface area contributed by atoms with Gasteiger partial charge in [-0.15, -0.1) is 0 Å². The van der Waals surface area contributed by atoms with Crippen LogP contribution in [0.15, 0.2) is 18.2 Å². The van der Waals surface area contributed by atoms with E-state index in [0.29, 0.717) is 35.8 Å². The third-order valence-electron chi connectivity index (χ3n) is 3.65. The zero-order valence-electron chi connectivity index (χ0n) is 14.1. The second-order valence-electron chi connectivity index (χ2n) is 5.72. The summed E-state index contributed by atoms with van der Waals surface area (Å²) in [5, 5.41) is 3.70. The highest BCUT2D eigenvalue weighted by Crippen LogP contribution is 2.28. The maximum absolute atomic E-state index is 12.5. The fourth-order valence-electron chi connectivity index (χ4n) is 2.56. The highest BCUT2D eigenvalue weighted by atomic mass is 35.5. The van der Waals surface area contributed by atoms with Crippen molar-refractivity contribution in [2.24, 2.45) is 0 Å². The minimum Gasteiger partial charge on any atom is -0.383 e. The number of carbonyl (C=O) groups excluding carboxylic acids is 2. The second-order valence-corrected chi connectivity index (χ2v) is 6.56. The Morgan fingerprint density at radius 2 is 2.20 bits per heavy atom. The van der Waals surface area contributed by atoms with Gasteiger partial charge in [-0.1, -0.05) is 11.6 Å². The van der Waals surface area contributed by atoms with E-state index in [2.05, 4.69) is 16.2 Å². The molecule has 1 aromatic rings. The van der Waals surface area contributed by atoms with Crippen molar-refractivity contribution >= 4 is 46.4 Å². The Labute approximate surface area is 157 Å². The van der Waals surface area contributed by atoms with Gasteiger partial charge in [0.1, 0.15) is 0 Å². The lowest BCUT2D eigenvalue weighted by Crippen LogP contribution is -2.50. The first-order valence-corrected chi connectivity index (χ1v) is 8.66. The minimum absolute atomic E-state index is 0.00443. The molecule has 136 valence electrons. The third-order valence-corrected chi connectivity index (χ3v) is 4.11. The Morgan fingerprint density at radius 1 is 1.44 bits per heavy atom. The Hall–Kier alpha value is -1.90. The predicted molar refractivity (Wildman–Crippen MR) is 101 cm³/mol. The quantitative estimate of drug-likeness (QED) is 0.528. The lowest BCUT2D eigenvalue weighted by Gasteiger charge is -2.20. The third kappa shape index (κ3) is 5.29. The summed E-state index contributed by atoms with van der Waals surface area (Å²) in [6, 6.07) is 4.81. The molecule has 1 fully saturated rings. The molecule has 9 heteroatoms. The zero-order valence-corrected chi connectivity index (χ0v) is 15.7. The van der Waals surface area contributed by atoms with Crippen molar-refractivity contribution in [3.63, 3.8) is 0 Å². The normalized spacial score (nSPS) is 15.0. The fourth-order valence-corrected chi connectivity index (χ4v) is 2.97. The molecule has 0 unspecified atom stereocenters. The van der Waals surface area contributed by atoms with Crippen LogP contribution in [0.4, 0.5) is 5.69 Å². The average Bonchev–Trinajstić information content (AvgIpc) is 2.98. The zero-order chi connectivity index (χ0) is 18.4. The summed E-state index contributed by atoms with van der Waals surface area (Å²) in [6.45, 7) is 2.95. The summed E-state index contributed by atoms with van der Waals surface area (Å²) in [5.74, 6) is -0.426. The fraction of sp³-hybridized carbons (Fsp3) is 0.438. The Morgan fingerprint density at radius 3 is 2.84 bits per heavy atom. The summed E-state index contributed by atoms with van der Waals surface area (Å²) in [5.41, 5.74) is 6.02. The van der Waals surface area contributed by atoms with Crippen LogP contribution in [0.25, 0.3) is 0 Å². The van der Waals surface area contributed by atoms with E-state index >= 15 is 0 Å². The molecule has 3 N–H and O–H groups in total. The van der Waals surface area contributed by atoms with Gasteiger partial charge in [0, 0.05) is 31.1 Å². The molecule has 0 spiro atoms. The summed E-state index contributed by atoms with van der Waals surface area (Å²) in [7, 11) is 1.60. The number of thiocarbonyl (C=S) groups is 1. The second kappa shape index (κ2) is 8.98. The van der Waals surface area contributed by atoms with E-state index in [0.717, 1.165) is 6.42 Å². The molecule has 0 aromatic heterocycles. The molecule has 2 rings (SSSR count). The first kappa shape index (κ1) is 19.4. The van der Waals surface area contributed by atoms with Crippen molar-refractivity contribution in [2.75, 3.05) is 25.2 Å². The van der Waals surface area contributed by atoms with E-state index in [4.69, 9.17) is 28.6 Å². The molecule has 0 radical (unpaired) electrons. The van der Waals surface area contributed by atoms with Gasteiger partial charge >= 0.3 is 0 Å². The number of anilines is 1. The molecule has 7 nitrogen and oxygen atoms in total. The van der Waals surface area contributed by atoms with Crippen molar-refractivity contribution in [1.82, 2.24) is 16.2 Å². The predicted octanol–water partition coefficient (Wildman–Crippen LogP) is 1.61. The van der Waals surface area contributed by atoms with Crippen molar-refractivity contribution in [3.05, 3.63) is 28.8 Å². The van der Waals surface area contributed by atoms with Crippen molar-refractivity contribution in [3.8, 4) is 0 Å². The number of nitrogens with one attached hydrogen (secondary N) is 3. The monoisotopic (exact) mass is 384 g/mol. The van der Waals surface area contributed by atoms with E-state index in [1.807, 2.05) is 6.92 Å². The summed E-state index contributed by atoms with van der Waals surface area (Å²) >= 11 is 11.1. The highest BCUT2D eigenvalue weighted by molar-refractivity contribution is 7.80. The van der Waals surface area contributed by atoms with Crippen LogP contribution in [0.1, 0.15) is 30.1 Å². The first-order valence-electron chi connectivity index (χ1n) is 7.88. The molecule has 1 aliphatic rings. The van der Waals surface area contributed by atoms with Crippen LogP contribution in [-0.2, 0) is 9.53 Å². The number of halogens is 1. The number of rotatable bonds is 5. The van der Waals surface area contributed by atoms with Gasteiger partial charge in [0.2, 0.25) is 5.91 Å². The standard InChI is InChI=1S/C16H21ClN4O3S/c1-10(9-24-2)18-16(25)20-19-15(23)12-6-5-11(17)8-13(12)21-7-3-4-14(21)22/h5-6,8,10H,3-4,7,9H2,1-2H3,(H,19,23)(H2,18,20,25)/t10-/m1/s1. The Kier molecular flexibility index (Phi) is 6.98. The van der Waals surface area contributed by atoms with Gasteiger partial charge in [-0.2, -0.15) is 0 Å². The van der Waals surface area contributed by atoms with Crippen LogP contribution in [0, 0.1) is 0 Å². The van der Waals surface area contributed by atoms with Gasteiger partial charge in [0.15, 0.2) is 5.11 Å². The number of hydrogen-bond acceptors (Lipinski definition) is 4. The molecule has 1 aliphatic heterocycles. The first-order chi connectivity index (χ1) is 11.9. The number of benzene rings is 1. The van der Waals surface area contributed by atoms with E-state index in [1.54, 1.807) is 30.2 Å². The molecule has 2 amide bonds. The number of carbonyl (C=O) groups is 2. The smallest absolute Gasteiger partial charge is 0.271 e. The molecular formula is C16H21ClN4O3S. The van der Waals surface area contributed by atoms with E-state index in [-0.39, 0.29) is 17.1 Å². The number of ether oxygens (including phenoxy) is 1. The SMILES string of the molecule is COC[C@@H](C)NC(=S)NNC(=O)c1ccc(Cl)cc1N1CCCC1=O. The minimum atomic E-state index is -0.407. The van der Waals surface area contributed by atoms with Gasteiger partial charge in [0.25, 0.3) is 5.91 Å². The number of methoxy groups -OCH3 is 1. The Bertz CT molecular complexity index is 671. The number of amides is 2. The largest absolute Gasteiger partial charge is 0.383 e. The van der Waals surface area contributed by atoms with Gasteiger partial charge in [0.05, 0.1) is 17.9 Å². The molecule has 0 aliphatic carbocycles. The molecular weight excluding hydrogens is 364 g/mol. The van der Waals surface area contributed by atoms with Crippen molar-refractivity contribution in [1.29, 1.82) is 0 Å². The van der Waals surface area contributed by atoms with Crippen molar-refractivity contribution in [2.45, 2.75) is 25.8 Å². The number of hydrazine groups is 1. The molecule has 25 heavy (non-hydrogen) atoms. The summed E-state index contributed by atoms with van der Waals surface area (Å²) in [6.07, 6.45) is 1.23.